The van der Waals surface area contributed by atoms with Gasteiger partial charge in [-0.3, -0.25) is 9.69 Å². The highest BCUT2D eigenvalue weighted by molar-refractivity contribution is 6.00. The number of hydrogen-bond donors (Lipinski definition) is 0. The van der Waals surface area contributed by atoms with Gasteiger partial charge >= 0.3 is 0 Å². The van der Waals surface area contributed by atoms with Gasteiger partial charge in [0, 0.05) is 17.5 Å². The van der Waals surface area contributed by atoms with E-state index in [1.54, 1.807) is 0 Å². The van der Waals surface area contributed by atoms with Crippen molar-refractivity contribution in [1.29, 1.82) is 0 Å². The summed E-state index contributed by atoms with van der Waals surface area (Å²) in [6, 6.07) is 14.3. The third kappa shape index (κ3) is 3.22. The number of carbonyl (C=O) groups excluding carboxylic acids is 1. The minimum absolute atomic E-state index is 0.0524. The fraction of sp³-hybridized carbons (Fsp3) is 0.450. The van der Waals surface area contributed by atoms with Crippen molar-refractivity contribution in [2.75, 3.05) is 13.1 Å². The van der Waals surface area contributed by atoms with Gasteiger partial charge in [-0.05, 0) is 56.6 Å². The zero-order valence-electron chi connectivity index (χ0n) is 13.6. The second kappa shape index (κ2) is 6.21. The molecule has 1 aliphatic heterocycles. The van der Waals surface area contributed by atoms with Crippen molar-refractivity contribution in [1.82, 2.24) is 4.90 Å². The van der Waals surface area contributed by atoms with Crippen LogP contribution in [0.25, 0.3) is 10.8 Å². The molecule has 2 nitrogen and oxygen atoms in total. The summed E-state index contributed by atoms with van der Waals surface area (Å²) < 4.78 is 0. The number of Topliss-reactive ketones (excluding diaryl/α,β-unsaturated/α-hetero) is 1. The van der Waals surface area contributed by atoms with Crippen LogP contribution in [0.2, 0.25) is 0 Å². The normalized spacial score (nSPS) is 16.8. The predicted molar refractivity (Wildman–Crippen MR) is 92.4 cm³/mol. The Morgan fingerprint density at radius 2 is 1.68 bits per heavy atom. The number of benzene rings is 2. The van der Waals surface area contributed by atoms with Crippen molar-refractivity contribution in [2.24, 2.45) is 0 Å². The molecule has 0 spiro atoms. The van der Waals surface area contributed by atoms with E-state index in [1.807, 2.05) is 24.3 Å². The number of ketones is 1. The standard InChI is InChI=1S/C20H25NO/c1-20(2,21-12-6-3-7-13-21)15-19(22)18-11-10-16-8-4-5-9-17(16)14-18/h4-5,8-11,14H,3,6-7,12-13,15H2,1-2H3. The molecule has 22 heavy (non-hydrogen) atoms. The van der Waals surface area contributed by atoms with Gasteiger partial charge in [0.1, 0.15) is 0 Å². The molecule has 0 atom stereocenters. The van der Waals surface area contributed by atoms with Gasteiger partial charge in [-0.2, -0.15) is 0 Å². The highest BCUT2D eigenvalue weighted by Gasteiger charge is 2.30. The zero-order chi connectivity index (χ0) is 15.6. The molecule has 0 unspecified atom stereocenters. The van der Waals surface area contributed by atoms with Gasteiger partial charge in [0.05, 0.1) is 0 Å². The molecule has 2 aromatic rings. The van der Waals surface area contributed by atoms with Crippen LogP contribution >= 0.6 is 0 Å². The number of fused-ring (bicyclic) bond motifs is 1. The SMILES string of the molecule is CC(C)(CC(=O)c1ccc2ccccc2c1)N1CCCCC1. The first-order valence-corrected chi connectivity index (χ1v) is 8.33. The summed E-state index contributed by atoms with van der Waals surface area (Å²) in [4.78, 5) is 15.2. The molecule has 1 fully saturated rings. The van der Waals surface area contributed by atoms with E-state index in [9.17, 15) is 4.79 Å². The van der Waals surface area contributed by atoms with Crippen molar-refractivity contribution in [3.63, 3.8) is 0 Å². The summed E-state index contributed by atoms with van der Waals surface area (Å²) in [6.07, 6.45) is 4.43. The molecule has 0 radical (unpaired) electrons. The second-order valence-corrected chi connectivity index (χ2v) is 7.02. The third-order valence-electron chi connectivity index (χ3n) is 4.88. The van der Waals surface area contributed by atoms with Crippen LogP contribution in [0.3, 0.4) is 0 Å². The average molecular weight is 295 g/mol. The van der Waals surface area contributed by atoms with Crippen LogP contribution in [0.1, 0.15) is 49.9 Å². The summed E-state index contributed by atoms with van der Waals surface area (Å²) in [5.41, 5.74) is 0.784. The maximum Gasteiger partial charge on any atom is 0.164 e. The van der Waals surface area contributed by atoms with E-state index in [2.05, 4.69) is 36.9 Å². The molecule has 1 saturated heterocycles. The van der Waals surface area contributed by atoms with Crippen LogP contribution in [0.5, 0.6) is 0 Å². The quantitative estimate of drug-likeness (QED) is 0.763. The van der Waals surface area contributed by atoms with Crippen molar-refractivity contribution >= 4 is 16.6 Å². The maximum atomic E-state index is 12.7. The maximum absolute atomic E-state index is 12.7. The lowest BCUT2D eigenvalue weighted by Crippen LogP contribution is -2.47. The summed E-state index contributed by atoms with van der Waals surface area (Å²) in [5.74, 6) is 0.251. The highest BCUT2D eigenvalue weighted by atomic mass is 16.1. The molecule has 0 aromatic heterocycles. The van der Waals surface area contributed by atoms with Gasteiger partial charge in [0.15, 0.2) is 5.78 Å². The molecule has 2 aromatic carbocycles. The first-order valence-electron chi connectivity index (χ1n) is 8.33. The molecule has 0 bridgehead atoms. The summed E-state index contributed by atoms with van der Waals surface area (Å²) in [6.45, 7) is 6.66. The Labute approximate surface area is 133 Å². The van der Waals surface area contributed by atoms with Crippen molar-refractivity contribution < 1.29 is 4.79 Å². The van der Waals surface area contributed by atoms with Gasteiger partial charge in [-0.1, -0.05) is 42.8 Å². The Bertz CT molecular complexity index is 668. The molecule has 116 valence electrons. The van der Waals surface area contributed by atoms with Gasteiger partial charge in [-0.25, -0.2) is 0 Å². The number of likely N-dealkylation sites (tertiary alicyclic amines) is 1. The minimum Gasteiger partial charge on any atom is -0.298 e. The molecule has 3 rings (SSSR count). The molecule has 0 saturated carbocycles. The van der Waals surface area contributed by atoms with Crippen molar-refractivity contribution in [2.45, 2.75) is 45.1 Å². The van der Waals surface area contributed by atoms with E-state index in [1.165, 1.54) is 24.6 Å². The number of rotatable bonds is 4. The van der Waals surface area contributed by atoms with E-state index < -0.39 is 0 Å². The Morgan fingerprint density at radius 1 is 1.00 bits per heavy atom. The summed E-state index contributed by atoms with van der Waals surface area (Å²) in [7, 11) is 0. The molecular weight excluding hydrogens is 270 g/mol. The zero-order valence-corrected chi connectivity index (χ0v) is 13.6. The largest absolute Gasteiger partial charge is 0.298 e. The van der Waals surface area contributed by atoms with E-state index in [4.69, 9.17) is 0 Å². The molecule has 2 heteroatoms. The Morgan fingerprint density at radius 3 is 2.41 bits per heavy atom. The number of nitrogens with zero attached hydrogens (tertiary/aromatic N) is 1. The van der Waals surface area contributed by atoms with Crippen LogP contribution in [-0.4, -0.2) is 29.3 Å². The lowest BCUT2D eigenvalue weighted by Gasteiger charge is -2.40. The fourth-order valence-electron chi connectivity index (χ4n) is 3.47. The van der Waals surface area contributed by atoms with Crippen molar-refractivity contribution in [3.05, 3.63) is 48.0 Å². The van der Waals surface area contributed by atoms with Gasteiger partial charge in [0.25, 0.3) is 0 Å². The number of piperidine rings is 1. The third-order valence-corrected chi connectivity index (χ3v) is 4.88. The lowest BCUT2D eigenvalue weighted by molar-refractivity contribution is 0.0698. The van der Waals surface area contributed by atoms with Gasteiger partial charge in [-0.15, -0.1) is 0 Å². The molecular formula is C20H25NO. The van der Waals surface area contributed by atoms with Gasteiger partial charge in [0.2, 0.25) is 0 Å². The second-order valence-electron chi connectivity index (χ2n) is 7.02. The Hall–Kier alpha value is -1.67. The highest BCUT2D eigenvalue weighted by Crippen LogP contribution is 2.26. The number of hydrogen-bond acceptors (Lipinski definition) is 2. The van der Waals surface area contributed by atoms with Gasteiger partial charge < -0.3 is 0 Å². The van der Waals surface area contributed by atoms with Crippen LogP contribution < -0.4 is 0 Å². The summed E-state index contributed by atoms with van der Waals surface area (Å²) >= 11 is 0. The molecule has 0 N–H and O–H groups in total. The van der Waals surface area contributed by atoms with Crippen molar-refractivity contribution in [3.8, 4) is 0 Å². The van der Waals surface area contributed by atoms with E-state index in [-0.39, 0.29) is 11.3 Å². The minimum atomic E-state index is -0.0524. The monoisotopic (exact) mass is 295 g/mol. The Kier molecular flexibility index (Phi) is 4.30. The van der Waals surface area contributed by atoms with E-state index in [0.717, 1.165) is 24.0 Å². The fourth-order valence-corrected chi connectivity index (χ4v) is 3.47. The average Bonchev–Trinajstić information content (AvgIpc) is 2.55. The molecule has 1 aliphatic rings. The molecule has 0 amide bonds. The molecule has 0 aliphatic carbocycles. The van der Waals surface area contributed by atoms with Crippen LogP contribution in [0.4, 0.5) is 0 Å². The van der Waals surface area contributed by atoms with Crippen LogP contribution in [0.15, 0.2) is 42.5 Å². The predicted octanol–water partition coefficient (Wildman–Crippen LogP) is 4.68. The smallest absolute Gasteiger partial charge is 0.164 e. The summed E-state index contributed by atoms with van der Waals surface area (Å²) in [5, 5.41) is 2.33. The van der Waals surface area contributed by atoms with Crippen LogP contribution in [-0.2, 0) is 0 Å². The first-order chi connectivity index (χ1) is 10.6. The van der Waals surface area contributed by atoms with Crippen LogP contribution in [0, 0.1) is 0 Å². The number of carbonyl (C=O) groups is 1. The topological polar surface area (TPSA) is 20.3 Å². The van der Waals surface area contributed by atoms with E-state index in [0.29, 0.717) is 6.42 Å². The lowest BCUT2D eigenvalue weighted by atomic mass is 9.90. The Balaban J connectivity index is 1.77. The molecule has 1 heterocycles. The first kappa shape index (κ1) is 15.2. The van der Waals surface area contributed by atoms with E-state index >= 15 is 0 Å².